The Hall–Kier alpha value is -0.162. The molecule has 2 heteroatoms. The van der Waals surface area contributed by atoms with Gasteiger partial charge in [0.15, 0.2) is 0 Å². The van der Waals surface area contributed by atoms with E-state index in [9.17, 15) is 0 Å². The van der Waals surface area contributed by atoms with E-state index in [0.29, 0.717) is 6.04 Å². The van der Waals surface area contributed by atoms with Gasteiger partial charge in [0.1, 0.15) is 0 Å². The van der Waals surface area contributed by atoms with Crippen molar-refractivity contribution in [2.75, 3.05) is 0 Å². The van der Waals surface area contributed by atoms with Crippen molar-refractivity contribution in [2.45, 2.75) is 39.7 Å². The first-order valence-corrected chi connectivity index (χ1v) is 6.82. The van der Waals surface area contributed by atoms with Gasteiger partial charge in [0, 0.05) is 0 Å². The SMILES string of the molecule is C=C1CC(C)[N-]C=C1C.[CH2-]CC.[CH2]=[W]. The van der Waals surface area contributed by atoms with Gasteiger partial charge in [-0.3, -0.25) is 0 Å². The average molecular weight is 363 g/mol. The van der Waals surface area contributed by atoms with Crippen LogP contribution in [0.5, 0.6) is 0 Å². The number of hydrogen-bond acceptors (Lipinski definition) is 0. The van der Waals surface area contributed by atoms with E-state index in [2.05, 4.69) is 37.6 Å². The van der Waals surface area contributed by atoms with Gasteiger partial charge in [0.25, 0.3) is 0 Å². The van der Waals surface area contributed by atoms with Gasteiger partial charge >= 0.3 is 24.3 Å². The maximum absolute atomic E-state index is 4.24. The maximum atomic E-state index is 4.24. The molecular formula is C12H21NW-2. The van der Waals surface area contributed by atoms with Crippen LogP contribution in [0.2, 0.25) is 0 Å². The molecule has 1 unspecified atom stereocenters. The summed E-state index contributed by atoms with van der Waals surface area (Å²) in [5.74, 6) is 0. The molecule has 14 heavy (non-hydrogen) atoms. The van der Waals surface area contributed by atoms with Gasteiger partial charge in [0.2, 0.25) is 0 Å². The second kappa shape index (κ2) is 10.9. The van der Waals surface area contributed by atoms with E-state index in [1.165, 1.54) is 30.5 Å². The fourth-order valence-electron chi connectivity index (χ4n) is 0.901. The summed E-state index contributed by atoms with van der Waals surface area (Å²) < 4.78 is 0. The fourth-order valence-corrected chi connectivity index (χ4v) is 0.901. The summed E-state index contributed by atoms with van der Waals surface area (Å²) in [6.07, 6.45) is 3.94. The summed E-state index contributed by atoms with van der Waals surface area (Å²) in [6, 6.07) is 0.446. The fraction of sp³-hybridized carbons (Fsp3) is 0.500. The molecule has 0 radical (unpaired) electrons. The Bertz CT molecular complexity index is 185. The molecule has 0 aromatic heterocycles. The molecule has 0 aromatic carbocycles. The Morgan fingerprint density at radius 1 is 1.64 bits per heavy atom. The van der Waals surface area contributed by atoms with Gasteiger partial charge in [-0.05, 0) is 13.3 Å². The average Bonchev–Trinajstić information content (AvgIpc) is 2.17. The molecule has 0 aromatic rings. The molecule has 0 spiro atoms. The molecule has 1 nitrogen and oxygen atoms in total. The van der Waals surface area contributed by atoms with Crippen molar-refractivity contribution < 1.29 is 19.4 Å². The van der Waals surface area contributed by atoms with Crippen LogP contribution >= 0.6 is 0 Å². The van der Waals surface area contributed by atoms with Crippen LogP contribution in [-0.4, -0.2) is 10.9 Å². The number of hydrogen-bond donors (Lipinski definition) is 0. The van der Waals surface area contributed by atoms with Crippen molar-refractivity contribution in [3.8, 4) is 0 Å². The third-order valence-corrected chi connectivity index (χ3v) is 1.62. The first kappa shape index (κ1) is 16.3. The molecule has 1 aliphatic rings. The molecule has 0 saturated heterocycles. The van der Waals surface area contributed by atoms with Crippen LogP contribution in [0.25, 0.3) is 5.32 Å². The normalized spacial score (nSPS) is 19.0. The minimum atomic E-state index is 0.446. The molecule has 1 heterocycles. The number of nitrogens with zero attached hydrogens (tertiary/aromatic N) is 1. The van der Waals surface area contributed by atoms with Crippen LogP contribution in [0.15, 0.2) is 23.9 Å². The molecule has 82 valence electrons. The molecule has 1 rings (SSSR count). The molecule has 0 fully saturated rings. The summed E-state index contributed by atoms with van der Waals surface area (Å²) >= 11 is 1.33. The second-order valence-electron chi connectivity index (χ2n) is 3.12. The van der Waals surface area contributed by atoms with Crippen LogP contribution in [0, 0.1) is 6.92 Å². The van der Waals surface area contributed by atoms with Gasteiger partial charge in [0.05, 0.1) is 0 Å². The zero-order valence-corrected chi connectivity index (χ0v) is 12.5. The van der Waals surface area contributed by atoms with Gasteiger partial charge in [-0.15, -0.1) is 6.04 Å². The van der Waals surface area contributed by atoms with Crippen molar-refractivity contribution in [3.63, 3.8) is 0 Å². The van der Waals surface area contributed by atoms with E-state index in [1.54, 1.807) is 0 Å². The standard InChI is InChI=1S/C8H12N.C3H7.CH2.W/c1-6-4-8(3)9-5-7(6)2;1-3-2;;/h5,8H,1,4H2,2-3H3;1,3H2,2H3;1H2;/q2*-1;;. The van der Waals surface area contributed by atoms with Crippen molar-refractivity contribution >= 4 is 4.90 Å². The van der Waals surface area contributed by atoms with Gasteiger partial charge < -0.3 is 12.2 Å². The number of rotatable bonds is 0. The zero-order chi connectivity index (χ0) is 11.6. The van der Waals surface area contributed by atoms with E-state index in [4.69, 9.17) is 0 Å². The summed E-state index contributed by atoms with van der Waals surface area (Å²) in [5.41, 5.74) is 2.46. The van der Waals surface area contributed by atoms with Gasteiger partial charge in [-0.2, -0.15) is 12.6 Å². The van der Waals surface area contributed by atoms with Crippen molar-refractivity contribution in [1.82, 2.24) is 0 Å². The third-order valence-electron chi connectivity index (χ3n) is 1.62. The van der Waals surface area contributed by atoms with Crippen LogP contribution in [0.4, 0.5) is 0 Å². The van der Waals surface area contributed by atoms with E-state index < -0.39 is 0 Å². The Kier molecular flexibility index (Phi) is 12.7. The van der Waals surface area contributed by atoms with Gasteiger partial charge in [-0.1, -0.05) is 31.6 Å². The summed E-state index contributed by atoms with van der Waals surface area (Å²) in [6.45, 7) is 13.6. The topological polar surface area (TPSA) is 14.1 Å². The first-order valence-electron chi connectivity index (χ1n) is 4.74. The summed E-state index contributed by atoms with van der Waals surface area (Å²) in [4.78, 5) is 3.33. The second-order valence-corrected chi connectivity index (χ2v) is 3.12. The molecular weight excluding hydrogens is 342 g/mol. The van der Waals surface area contributed by atoms with Crippen molar-refractivity contribution in [3.05, 3.63) is 36.2 Å². The monoisotopic (exact) mass is 363 g/mol. The quantitative estimate of drug-likeness (QED) is 0.582. The molecule has 0 N–H and O–H groups in total. The van der Waals surface area contributed by atoms with E-state index in [0.717, 1.165) is 12.8 Å². The molecule has 1 atom stereocenters. The van der Waals surface area contributed by atoms with Crippen LogP contribution in [0.1, 0.15) is 33.6 Å². The van der Waals surface area contributed by atoms with Crippen LogP contribution < -0.4 is 0 Å². The summed E-state index contributed by atoms with van der Waals surface area (Å²) in [7, 11) is 0. The Morgan fingerprint density at radius 3 is 2.36 bits per heavy atom. The molecule has 0 aliphatic carbocycles. The van der Waals surface area contributed by atoms with Crippen LogP contribution in [-0.2, 0) is 19.4 Å². The van der Waals surface area contributed by atoms with E-state index in [-0.39, 0.29) is 0 Å². The van der Waals surface area contributed by atoms with Crippen LogP contribution in [0.3, 0.4) is 0 Å². The molecule has 1 aliphatic heterocycles. The Labute approximate surface area is 100 Å². The minimum absolute atomic E-state index is 0.446. The molecule has 0 amide bonds. The predicted octanol–water partition coefficient (Wildman–Crippen LogP) is 3.81. The van der Waals surface area contributed by atoms with E-state index in [1.807, 2.05) is 13.1 Å². The Balaban J connectivity index is 0. The first-order chi connectivity index (χ1) is 6.61. The zero-order valence-electron chi connectivity index (χ0n) is 9.55. The van der Waals surface area contributed by atoms with Gasteiger partial charge in [-0.25, -0.2) is 0 Å². The van der Waals surface area contributed by atoms with Crippen molar-refractivity contribution in [2.24, 2.45) is 0 Å². The molecule has 0 saturated carbocycles. The number of allylic oxidation sites excluding steroid dienone is 1. The summed E-state index contributed by atoms with van der Waals surface area (Å²) in [5, 5.41) is 4.24. The third kappa shape index (κ3) is 8.44. The Morgan fingerprint density at radius 2 is 2.07 bits per heavy atom. The predicted molar refractivity (Wildman–Crippen MR) is 63.1 cm³/mol. The van der Waals surface area contributed by atoms with E-state index >= 15 is 0 Å². The van der Waals surface area contributed by atoms with Crippen molar-refractivity contribution in [1.29, 1.82) is 0 Å². The molecule has 0 bridgehead atoms.